The first-order chi connectivity index (χ1) is 30.9. The summed E-state index contributed by atoms with van der Waals surface area (Å²) in [5.74, 6) is 0.195. The summed E-state index contributed by atoms with van der Waals surface area (Å²) in [6, 6.07) is 61.3. The monoisotopic (exact) mass is 830 g/mol. The highest BCUT2D eigenvalue weighted by atomic mass is 16.3. The van der Waals surface area contributed by atoms with E-state index in [2.05, 4.69) is 186 Å². The van der Waals surface area contributed by atoms with Gasteiger partial charge in [-0.25, -0.2) is 4.98 Å². The number of hydrogen-bond acceptors (Lipinski definition) is 4. The highest BCUT2D eigenvalue weighted by molar-refractivity contribution is 6.14. The van der Waals surface area contributed by atoms with Gasteiger partial charge in [-0.05, 0) is 105 Å². The summed E-state index contributed by atoms with van der Waals surface area (Å²) >= 11 is 0. The molecule has 0 saturated heterocycles. The first-order valence-corrected chi connectivity index (χ1v) is 22.0. The summed E-state index contributed by atoms with van der Waals surface area (Å²) in [4.78, 5) is 15.0. The SMILES string of the molecule is CC(C)(C)c1cc(-c2cc(-c3cccc(-c4cc(-c5cccc6c7ccccc7n(-c7ccccc7-c7ccccn7)c56)ccn4)c3)nc(-c3ccccc3O)c2)cc(C(C)(C)C)c1. The van der Waals surface area contributed by atoms with Crippen molar-refractivity contribution in [1.29, 1.82) is 0 Å². The fraction of sp³-hybridized carbons (Fsp3) is 0.136. The lowest BCUT2D eigenvalue weighted by Crippen LogP contribution is -2.16. The van der Waals surface area contributed by atoms with E-state index in [0.717, 1.165) is 72.7 Å². The Morgan fingerprint density at radius 3 is 1.75 bits per heavy atom. The molecule has 5 heteroatoms. The average Bonchev–Trinajstić information content (AvgIpc) is 3.66. The van der Waals surface area contributed by atoms with Gasteiger partial charge in [-0.2, -0.15) is 0 Å². The van der Waals surface area contributed by atoms with Gasteiger partial charge in [-0.3, -0.25) is 9.97 Å². The molecule has 0 radical (unpaired) electrons. The Balaban J connectivity index is 1.12. The lowest BCUT2D eigenvalue weighted by molar-refractivity contribution is 0.477. The van der Waals surface area contributed by atoms with Gasteiger partial charge in [0.1, 0.15) is 5.75 Å². The van der Waals surface area contributed by atoms with Gasteiger partial charge in [0.05, 0.1) is 39.5 Å². The molecule has 0 spiro atoms. The minimum atomic E-state index is -0.0471. The van der Waals surface area contributed by atoms with Crippen LogP contribution in [0.4, 0.5) is 0 Å². The molecule has 5 nitrogen and oxygen atoms in total. The third-order valence-electron chi connectivity index (χ3n) is 12.3. The van der Waals surface area contributed by atoms with E-state index in [-0.39, 0.29) is 16.6 Å². The molecular formula is C59H50N4O. The normalized spacial score (nSPS) is 12.0. The highest BCUT2D eigenvalue weighted by Crippen LogP contribution is 2.42. The molecule has 10 rings (SSSR count). The quantitative estimate of drug-likeness (QED) is 0.174. The molecule has 64 heavy (non-hydrogen) atoms. The van der Waals surface area contributed by atoms with E-state index in [4.69, 9.17) is 15.0 Å². The van der Waals surface area contributed by atoms with Crippen LogP contribution in [0.5, 0.6) is 5.75 Å². The molecule has 0 aliphatic carbocycles. The van der Waals surface area contributed by atoms with Gasteiger partial charge in [-0.15, -0.1) is 0 Å². The Bertz CT molecular complexity index is 3340. The Kier molecular flexibility index (Phi) is 10.1. The van der Waals surface area contributed by atoms with Gasteiger partial charge in [0.2, 0.25) is 0 Å². The zero-order valence-corrected chi connectivity index (χ0v) is 37.1. The second-order valence-electron chi connectivity index (χ2n) is 18.7. The van der Waals surface area contributed by atoms with E-state index in [1.165, 1.54) is 21.9 Å². The number of phenolic OH excluding ortho intramolecular Hbond substituents is 1. The molecule has 0 bridgehead atoms. The lowest BCUT2D eigenvalue weighted by Gasteiger charge is -2.26. The fourth-order valence-electron chi connectivity index (χ4n) is 8.84. The van der Waals surface area contributed by atoms with Crippen molar-refractivity contribution in [2.45, 2.75) is 52.4 Å². The van der Waals surface area contributed by atoms with Gasteiger partial charge < -0.3 is 9.67 Å². The number of aromatic nitrogens is 4. The van der Waals surface area contributed by atoms with Crippen molar-refractivity contribution in [2.24, 2.45) is 0 Å². The van der Waals surface area contributed by atoms with Crippen LogP contribution >= 0.6 is 0 Å². The minimum absolute atomic E-state index is 0.0471. The molecule has 0 saturated carbocycles. The number of fused-ring (bicyclic) bond motifs is 3. The third-order valence-corrected chi connectivity index (χ3v) is 12.3. The molecule has 0 atom stereocenters. The zero-order valence-electron chi connectivity index (χ0n) is 37.1. The smallest absolute Gasteiger partial charge is 0.124 e. The van der Waals surface area contributed by atoms with Crippen molar-refractivity contribution >= 4 is 21.8 Å². The number of para-hydroxylation sites is 4. The average molecular weight is 831 g/mol. The van der Waals surface area contributed by atoms with Crippen molar-refractivity contribution in [3.05, 3.63) is 199 Å². The topological polar surface area (TPSA) is 63.8 Å². The van der Waals surface area contributed by atoms with E-state index in [0.29, 0.717) is 11.3 Å². The maximum Gasteiger partial charge on any atom is 0.124 e. The van der Waals surface area contributed by atoms with E-state index in [1.807, 2.05) is 42.7 Å². The standard InChI is InChI=1S/C59H50N4O/c1-58(2,3)43-32-41(33-44(37-43)59(4,5)6)42-35-52(62-53(36-42)49-21-9-12-27-56(49)64)40-18-15-17-39(31-40)51-34-38(28-30-61-51)45-22-16-23-47-46-19-7-10-25-54(46)63(57(45)47)55-26-11-8-20-48(55)50-24-13-14-29-60-50/h7-37,64H,1-6H3. The number of aromatic hydroxyl groups is 1. The summed E-state index contributed by atoms with van der Waals surface area (Å²) in [6.45, 7) is 13.6. The second-order valence-corrected chi connectivity index (χ2v) is 18.7. The van der Waals surface area contributed by atoms with E-state index in [1.54, 1.807) is 6.07 Å². The molecule has 0 aliphatic heterocycles. The summed E-state index contributed by atoms with van der Waals surface area (Å²) in [5.41, 5.74) is 17.1. The van der Waals surface area contributed by atoms with E-state index in [9.17, 15) is 5.11 Å². The van der Waals surface area contributed by atoms with Gasteiger partial charge in [-0.1, -0.05) is 151 Å². The maximum absolute atomic E-state index is 11.1. The van der Waals surface area contributed by atoms with Crippen LogP contribution in [0.3, 0.4) is 0 Å². The van der Waals surface area contributed by atoms with Crippen molar-refractivity contribution in [2.75, 3.05) is 0 Å². The molecule has 4 aromatic heterocycles. The maximum atomic E-state index is 11.1. The van der Waals surface area contributed by atoms with Crippen molar-refractivity contribution < 1.29 is 5.11 Å². The second kappa shape index (κ2) is 15.9. The van der Waals surface area contributed by atoms with Gasteiger partial charge in [0.15, 0.2) is 0 Å². The Morgan fingerprint density at radius 1 is 0.406 bits per heavy atom. The molecule has 0 unspecified atom stereocenters. The molecule has 0 fully saturated rings. The molecule has 312 valence electrons. The molecule has 4 heterocycles. The summed E-state index contributed by atoms with van der Waals surface area (Å²) in [7, 11) is 0. The summed E-state index contributed by atoms with van der Waals surface area (Å²) in [6.07, 6.45) is 3.76. The van der Waals surface area contributed by atoms with Crippen LogP contribution in [0.2, 0.25) is 0 Å². The fourth-order valence-corrected chi connectivity index (χ4v) is 8.84. The Hall–Kier alpha value is -7.63. The Morgan fingerprint density at radius 2 is 1.00 bits per heavy atom. The van der Waals surface area contributed by atoms with E-state index >= 15 is 0 Å². The largest absolute Gasteiger partial charge is 0.507 e. The van der Waals surface area contributed by atoms with Crippen molar-refractivity contribution in [3.8, 4) is 78.7 Å². The minimum Gasteiger partial charge on any atom is -0.507 e. The van der Waals surface area contributed by atoms with Crippen LogP contribution in [0, 0.1) is 0 Å². The highest BCUT2D eigenvalue weighted by Gasteiger charge is 2.23. The number of pyridine rings is 3. The van der Waals surface area contributed by atoms with Crippen LogP contribution in [-0.4, -0.2) is 24.6 Å². The predicted octanol–water partition coefficient (Wildman–Crippen LogP) is 15.3. The number of rotatable bonds is 7. The zero-order chi connectivity index (χ0) is 44.2. The summed E-state index contributed by atoms with van der Waals surface area (Å²) in [5, 5.41) is 13.5. The van der Waals surface area contributed by atoms with Crippen LogP contribution in [0.25, 0.3) is 94.8 Å². The van der Waals surface area contributed by atoms with Crippen LogP contribution in [-0.2, 0) is 10.8 Å². The van der Waals surface area contributed by atoms with Gasteiger partial charge in [0.25, 0.3) is 0 Å². The molecule has 10 aromatic rings. The van der Waals surface area contributed by atoms with E-state index < -0.39 is 0 Å². The molecule has 0 amide bonds. The van der Waals surface area contributed by atoms with Crippen LogP contribution in [0.15, 0.2) is 188 Å². The van der Waals surface area contributed by atoms with Gasteiger partial charge in [0, 0.05) is 51.0 Å². The number of hydrogen-bond donors (Lipinski definition) is 1. The first kappa shape index (κ1) is 40.4. The molecule has 6 aromatic carbocycles. The predicted molar refractivity (Wildman–Crippen MR) is 266 cm³/mol. The van der Waals surface area contributed by atoms with Crippen molar-refractivity contribution in [3.63, 3.8) is 0 Å². The number of benzene rings is 6. The number of phenols is 1. The van der Waals surface area contributed by atoms with Crippen molar-refractivity contribution in [1.82, 2.24) is 19.5 Å². The molecular weight excluding hydrogens is 781 g/mol. The van der Waals surface area contributed by atoms with Gasteiger partial charge >= 0.3 is 0 Å². The third kappa shape index (κ3) is 7.53. The summed E-state index contributed by atoms with van der Waals surface area (Å²) < 4.78 is 2.40. The van der Waals surface area contributed by atoms with Crippen LogP contribution in [0.1, 0.15) is 52.7 Å². The first-order valence-electron chi connectivity index (χ1n) is 22.0. The molecule has 0 aliphatic rings. The van der Waals surface area contributed by atoms with Crippen LogP contribution < -0.4 is 0 Å². The Labute approximate surface area is 375 Å². The lowest BCUT2D eigenvalue weighted by atomic mass is 9.79. The number of nitrogens with zero attached hydrogens (tertiary/aromatic N) is 4. The molecule has 1 N–H and O–H groups in total.